The number of aryl methyl sites for hydroxylation is 1. The van der Waals surface area contributed by atoms with Crippen molar-refractivity contribution >= 4 is 35.4 Å². The Morgan fingerprint density at radius 2 is 2.45 bits per heavy atom. The summed E-state index contributed by atoms with van der Waals surface area (Å²) in [6.45, 7) is 0. The van der Waals surface area contributed by atoms with Gasteiger partial charge in [-0.25, -0.2) is 9.48 Å². The molecule has 106 valence electrons. The molecular weight excluding hydrogens is 300 g/mol. The van der Waals surface area contributed by atoms with Crippen LogP contribution in [0.5, 0.6) is 0 Å². The van der Waals surface area contributed by atoms with Crippen LogP contribution in [-0.4, -0.2) is 53.8 Å². The number of carbonyl (C=O) groups excluding carboxylic acids is 1. The molecule has 0 saturated carbocycles. The van der Waals surface area contributed by atoms with Crippen LogP contribution in [0.3, 0.4) is 0 Å². The van der Waals surface area contributed by atoms with Crippen molar-refractivity contribution in [1.82, 2.24) is 19.9 Å². The van der Waals surface area contributed by atoms with Crippen molar-refractivity contribution in [3.8, 4) is 0 Å². The van der Waals surface area contributed by atoms with Crippen LogP contribution in [0.25, 0.3) is 0 Å². The first kappa shape index (κ1) is 13.5. The third-order valence-corrected chi connectivity index (χ3v) is 5.64. The number of hydrogen-bond acceptors (Lipinski definition) is 6. The second-order valence-corrected chi connectivity index (χ2v) is 6.64. The highest BCUT2D eigenvalue weighted by Crippen LogP contribution is 2.41. The van der Waals surface area contributed by atoms with Crippen LogP contribution in [0.1, 0.15) is 6.42 Å². The number of nitrogens with zero attached hydrogens (tertiary/aromatic N) is 4. The summed E-state index contributed by atoms with van der Waals surface area (Å²) in [5.41, 5.74) is 0.936. The smallest absolute Gasteiger partial charge is 0.352 e. The zero-order valence-electron chi connectivity index (χ0n) is 10.6. The van der Waals surface area contributed by atoms with E-state index in [4.69, 9.17) is 0 Å². The number of thioether (sulfide) groups is 2. The fraction of sp³-hybridized carbons (Fsp3) is 0.455. The van der Waals surface area contributed by atoms with Gasteiger partial charge in [-0.05, 0) is 5.57 Å². The van der Waals surface area contributed by atoms with Gasteiger partial charge >= 0.3 is 5.97 Å². The lowest BCUT2D eigenvalue weighted by Crippen LogP contribution is -2.54. The van der Waals surface area contributed by atoms with E-state index in [1.54, 1.807) is 29.7 Å². The van der Waals surface area contributed by atoms with Gasteiger partial charge in [-0.3, -0.25) is 9.69 Å². The summed E-state index contributed by atoms with van der Waals surface area (Å²) < 4.78 is 1.64. The number of carboxylic acids is 1. The number of β-lactam (4-membered cyclic amide) rings is 1. The van der Waals surface area contributed by atoms with E-state index in [0.717, 1.165) is 10.6 Å². The van der Waals surface area contributed by atoms with Crippen LogP contribution < -0.4 is 0 Å². The highest BCUT2D eigenvalue weighted by molar-refractivity contribution is 8.01. The minimum Gasteiger partial charge on any atom is -0.477 e. The molecule has 0 radical (unpaired) electrons. The zero-order valence-corrected chi connectivity index (χ0v) is 12.3. The first-order valence-electron chi connectivity index (χ1n) is 5.94. The summed E-state index contributed by atoms with van der Waals surface area (Å²) in [7, 11) is 1.78. The number of fused-ring (bicyclic) bond motifs is 1. The first-order valence-corrected chi connectivity index (χ1v) is 7.98. The van der Waals surface area contributed by atoms with Gasteiger partial charge in [-0.2, -0.15) is 0 Å². The molecule has 0 bridgehead atoms. The Kier molecular flexibility index (Phi) is 3.47. The Hall–Kier alpha value is -1.48. The molecule has 2 aliphatic heterocycles. The van der Waals surface area contributed by atoms with Crippen molar-refractivity contribution in [2.24, 2.45) is 7.05 Å². The first-order chi connectivity index (χ1) is 9.58. The van der Waals surface area contributed by atoms with Crippen LogP contribution in [0.15, 0.2) is 22.5 Å². The molecule has 1 N–H and O–H groups in total. The van der Waals surface area contributed by atoms with E-state index >= 15 is 0 Å². The Labute approximate surface area is 123 Å². The van der Waals surface area contributed by atoms with Crippen molar-refractivity contribution in [3.05, 3.63) is 17.5 Å². The van der Waals surface area contributed by atoms with Crippen molar-refractivity contribution in [1.29, 1.82) is 0 Å². The summed E-state index contributed by atoms with van der Waals surface area (Å²) in [6, 6.07) is 0. The number of aliphatic carboxylic acids is 1. The molecule has 7 nitrogen and oxygen atoms in total. The summed E-state index contributed by atoms with van der Waals surface area (Å²) in [5, 5.41) is 17.8. The maximum Gasteiger partial charge on any atom is 0.352 e. The van der Waals surface area contributed by atoms with E-state index in [-0.39, 0.29) is 17.0 Å². The van der Waals surface area contributed by atoms with E-state index in [1.807, 2.05) is 0 Å². The van der Waals surface area contributed by atoms with Crippen LogP contribution >= 0.6 is 23.5 Å². The fourth-order valence-corrected chi connectivity index (χ4v) is 4.46. The van der Waals surface area contributed by atoms with Gasteiger partial charge in [0.2, 0.25) is 5.91 Å². The molecule has 3 heterocycles. The van der Waals surface area contributed by atoms with E-state index in [9.17, 15) is 14.7 Å². The maximum absolute atomic E-state index is 11.6. The van der Waals surface area contributed by atoms with Crippen molar-refractivity contribution in [2.75, 3.05) is 11.5 Å². The number of amides is 1. The molecule has 0 spiro atoms. The van der Waals surface area contributed by atoms with Gasteiger partial charge in [-0.1, -0.05) is 5.21 Å². The standard InChI is InChI=1S/C11H12N4O3S2/c1-14-9(3-12-13-14)20-5-6-4-19-8-2-7(16)15(8)10(6)11(17)18/h3,8H,2,4-5H2,1H3,(H,17,18)/t8-/m1/s1. The zero-order chi connectivity index (χ0) is 14.3. The van der Waals surface area contributed by atoms with Gasteiger partial charge in [0, 0.05) is 18.6 Å². The molecule has 1 atom stereocenters. The van der Waals surface area contributed by atoms with Crippen LogP contribution in [-0.2, 0) is 16.6 Å². The minimum atomic E-state index is -1.03. The van der Waals surface area contributed by atoms with E-state index in [2.05, 4.69) is 10.3 Å². The quantitative estimate of drug-likeness (QED) is 0.641. The summed E-state index contributed by atoms with van der Waals surface area (Å²) in [5.74, 6) is 0.0344. The van der Waals surface area contributed by atoms with Crippen LogP contribution in [0.2, 0.25) is 0 Å². The molecule has 1 saturated heterocycles. The van der Waals surface area contributed by atoms with Gasteiger partial charge in [0.15, 0.2) is 0 Å². The molecule has 0 aromatic carbocycles. The lowest BCUT2D eigenvalue weighted by atomic mass is 10.1. The van der Waals surface area contributed by atoms with E-state index < -0.39 is 5.97 Å². The van der Waals surface area contributed by atoms with Crippen molar-refractivity contribution in [2.45, 2.75) is 16.8 Å². The summed E-state index contributed by atoms with van der Waals surface area (Å²) in [4.78, 5) is 24.4. The molecule has 1 aromatic heterocycles. The van der Waals surface area contributed by atoms with Gasteiger partial charge in [0.05, 0.1) is 18.0 Å². The van der Waals surface area contributed by atoms with E-state index in [0.29, 0.717) is 17.9 Å². The highest BCUT2D eigenvalue weighted by Gasteiger charge is 2.45. The second kappa shape index (κ2) is 5.13. The number of aromatic nitrogens is 3. The minimum absolute atomic E-state index is 0.000666. The molecular formula is C11H12N4O3S2. The van der Waals surface area contributed by atoms with E-state index in [1.165, 1.54) is 16.7 Å². The van der Waals surface area contributed by atoms with Gasteiger partial charge in [0.25, 0.3) is 0 Å². The highest BCUT2D eigenvalue weighted by atomic mass is 32.2. The Balaban J connectivity index is 1.82. The summed E-state index contributed by atoms with van der Waals surface area (Å²) in [6.07, 6.45) is 2.08. The molecule has 2 aliphatic rings. The fourth-order valence-electron chi connectivity index (χ4n) is 2.16. The van der Waals surface area contributed by atoms with Gasteiger partial charge < -0.3 is 5.11 Å². The predicted molar refractivity (Wildman–Crippen MR) is 74.1 cm³/mol. The van der Waals surface area contributed by atoms with Gasteiger partial charge in [0.1, 0.15) is 10.7 Å². The monoisotopic (exact) mass is 312 g/mol. The maximum atomic E-state index is 11.6. The lowest BCUT2D eigenvalue weighted by molar-refractivity contribution is -0.146. The predicted octanol–water partition coefficient (Wildman–Crippen LogP) is 0.551. The number of carbonyl (C=O) groups is 2. The van der Waals surface area contributed by atoms with Crippen molar-refractivity contribution < 1.29 is 14.7 Å². The molecule has 9 heteroatoms. The van der Waals surface area contributed by atoms with Crippen LogP contribution in [0, 0.1) is 0 Å². The molecule has 0 unspecified atom stereocenters. The van der Waals surface area contributed by atoms with Crippen molar-refractivity contribution in [3.63, 3.8) is 0 Å². The number of carboxylic acid groups (broad SMARTS) is 1. The second-order valence-electron chi connectivity index (χ2n) is 4.48. The Bertz CT molecular complexity index is 613. The summed E-state index contributed by atoms with van der Waals surface area (Å²) >= 11 is 3.10. The molecule has 1 amide bonds. The largest absolute Gasteiger partial charge is 0.477 e. The van der Waals surface area contributed by atoms with Crippen LogP contribution in [0.4, 0.5) is 0 Å². The normalized spacial score (nSPS) is 21.8. The molecule has 3 rings (SSSR count). The molecule has 20 heavy (non-hydrogen) atoms. The Morgan fingerprint density at radius 1 is 1.65 bits per heavy atom. The third kappa shape index (κ3) is 2.20. The average molecular weight is 312 g/mol. The number of hydrogen-bond donors (Lipinski definition) is 1. The third-order valence-electron chi connectivity index (χ3n) is 3.20. The lowest BCUT2D eigenvalue weighted by Gasteiger charge is -2.43. The topological polar surface area (TPSA) is 88.3 Å². The number of rotatable bonds is 4. The molecule has 1 fully saturated rings. The SMILES string of the molecule is Cn1nncc1SCC1=C(C(=O)O)N2C(=O)C[C@H]2SC1. The molecule has 1 aromatic rings. The Morgan fingerprint density at radius 3 is 3.05 bits per heavy atom. The van der Waals surface area contributed by atoms with Gasteiger partial charge in [-0.15, -0.1) is 28.6 Å². The molecule has 0 aliphatic carbocycles. The average Bonchev–Trinajstić information content (AvgIpc) is 2.80.